The Morgan fingerprint density at radius 1 is 1.37 bits per heavy atom. The van der Waals surface area contributed by atoms with Crippen molar-refractivity contribution in [2.75, 3.05) is 24.6 Å². The van der Waals surface area contributed by atoms with Crippen molar-refractivity contribution in [3.05, 3.63) is 0 Å². The summed E-state index contributed by atoms with van der Waals surface area (Å²) in [5.74, 6) is 0.764. The topological polar surface area (TPSA) is 64.5 Å². The zero-order valence-electron chi connectivity index (χ0n) is 11.5. The molecular formula is C12H19N3O3S. The van der Waals surface area contributed by atoms with Crippen LogP contribution in [0.25, 0.3) is 0 Å². The van der Waals surface area contributed by atoms with Gasteiger partial charge in [0.1, 0.15) is 0 Å². The van der Waals surface area contributed by atoms with Crippen molar-refractivity contribution in [1.29, 1.82) is 0 Å². The van der Waals surface area contributed by atoms with Gasteiger partial charge in [0.25, 0.3) is 5.88 Å². The first-order chi connectivity index (χ1) is 9.04. The number of hydrogen-bond donors (Lipinski definition) is 0. The maximum atomic E-state index is 11.8. The highest BCUT2D eigenvalue weighted by Crippen LogP contribution is 2.31. The molecular weight excluding hydrogens is 266 g/mol. The van der Waals surface area contributed by atoms with E-state index in [1.54, 1.807) is 20.8 Å². The first-order valence-corrected chi connectivity index (χ1v) is 7.21. The minimum absolute atomic E-state index is 0.333. The number of carbonyl (C=O) groups is 1. The molecule has 0 atom stereocenters. The van der Waals surface area contributed by atoms with E-state index in [0.717, 1.165) is 43.5 Å². The van der Waals surface area contributed by atoms with Crippen LogP contribution in [0.5, 0.6) is 5.88 Å². The summed E-state index contributed by atoms with van der Waals surface area (Å²) >= 11 is 1.10. The van der Waals surface area contributed by atoms with Crippen LogP contribution in [0.15, 0.2) is 0 Å². The first kappa shape index (κ1) is 14.0. The van der Waals surface area contributed by atoms with Crippen LogP contribution in [-0.4, -0.2) is 40.0 Å². The number of ether oxygens (including phenoxy) is 2. The van der Waals surface area contributed by atoms with Gasteiger partial charge in [-0.2, -0.15) is 4.37 Å². The van der Waals surface area contributed by atoms with Crippen molar-refractivity contribution in [3.8, 4) is 5.88 Å². The van der Waals surface area contributed by atoms with Gasteiger partial charge in [-0.15, -0.1) is 4.37 Å². The van der Waals surface area contributed by atoms with Crippen LogP contribution in [0.3, 0.4) is 0 Å². The smallest absolute Gasteiger partial charge is 0.349 e. The van der Waals surface area contributed by atoms with Gasteiger partial charge in [-0.1, -0.05) is 0 Å². The number of esters is 1. The van der Waals surface area contributed by atoms with E-state index in [2.05, 4.69) is 13.6 Å². The predicted molar refractivity (Wildman–Crippen MR) is 72.7 cm³/mol. The molecule has 0 aliphatic carbocycles. The number of anilines is 1. The normalized spacial score (nSPS) is 15.6. The second-order valence-corrected chi connectivity index (χ2v) is 5.45. The fraction of sp³-hybridized carbons (Fsp3) is 0.750. The van der Waals surface area contributed by atoms with E-state index in [4.69, 9.17) is 9.47 Å². The number of hydrogen-bond acceptors (Lipinski definition) is 7. The minimum Gasteiger partial charge on any atom is -0.463 e. The van der Waals surface area contributed by atoms with E-state index in [9.17, 15) is 4.79 Å². The highest BCUT2D eigenvalue weighted by atomic mass is 32.1. The Kier molecular flexibility index (Phi) is 4.24. The van der Waals surface area contributed by atoms with Crippen LogP contribution in [0.2, 0.25) is 0 Å². The standard InChI is InChI=1S/C12H19N3O3S/c1-4-17-11(16)12(2,3)18-10-9(13-19-14-10)15-7-5-6-8-15/h4-8H2,1-3H3. The Hall–Kier alpha value is -1.37. The fourth-order valence-electron chi connectivity index (χ4n) is 1.95. The van der Waals surface area contributed by atoms with Gasteiger partial charge in [-0.3, -0.25) is 0 Å². The second-order valence-electron chi connectivity index (χ2n) is 4.92. The van der Waals surface area contributed by atoms with E-state index >= 15 is 0 Å². The molecule has 2 heterocycles. The van der Waals surface area contributed by atoms with Crippen molar-refractivity contribution < 1.29 is 14.3 Å². The summed E-state index contributed by atoms with van der Waals surface area (Å²) in [6.45, 7) is 7.38. The molecule has 106 valence electrons. The molecule has 1 fully saturated rings. The van der Waals surface area contributed by atoms with Crippen LogP contribution in [0.1, 0.15) is 33.6 Å². The molecule has 1 saturated heterocycles. The molecule has 0 N–H and O–H groups in total. The summed E-state index contributed by atoms with van der Waals surface area (Å²) in [5.41, 5.74) is -1.06. The van der Waals surface area contributed by atoms with Crippen LogP contribution < -0.4 is 9.64 Å². The highest BCUT2D eigenvalue weighted by molar-refractivity contribution is 6.99. The molecule has 0 aromatic carbocycles. The number of nitrogens with zero attached hydrogens (tertiary/aromatic N) is 3. The van der Waals surface area contributed by atoms with Gasteiger partial charge in [-0.25, -0.2) is 4.79 Å². The summed E-state index contributed by atoms with van der Waals surface area (Å²) in [5, 5.41) is 0. The summed E-state index contributed by atoms with van der Waals surface area (Å²) < 4.78 is 19.1. The Morgan fingerprint density at radius 3 is 2.68 bits per heavy atom. The average molecular weight is 285 g/mol. The summed E-state index contributed by atoms with van der Waals surface area (Å²) in [4.78, 5) is 14.0. The molecule has 0 bridgehead atoms. The predicted octanol–water partition coefficient (Wildman–Crippen LogP) is 1.86. The van der Waals surface area contributed by atoms with Crippen molar-refractivity contribution in [3.63, 3.8) is 0 Å². The average Bonchev–Trinajstić information content (AvgIpc) is 2.98. The minimum atomic E-state index is -1.06. The molecule has 0 amide bonds. The lowest BCUT2D eigenvalue weighted by molar-refractivity contribution is -0.158. The van der Waals surface area contributed by atoms with Gasteiger partial charge in [-0.05, 0) is 33.6 Å². The van der Waals surface area contributed by atoms with Crippen LogP contribution in [0.4, 0.5) is 5.82 Å². The van der Waals surface area contributed by atoms with E-state index in [1.807, 2.05) is 0 Å². The maximum Gasteiger partial charge on any atom is 0.349 e. The van der Waals surface area contributed by atoms with E-state index in [1.165, 1.54) is 0 Å². The van der Waals surface area contributed by atoms with Crippen LogP contribution in [0, 0.1) is 0 Å². The largest absolute Gasteiger partial charge is 0.463 e. The summed E-state index contributed by atoms with van der Waals surface area (Å²) in [7, 11) is 0. The molecule has 0 spiro atoms. The van der Waals surface area contributed by atoms with Gasteiger partial charge in [0.2, 0.25) is 11.4 Å². The van der Waals surface area contributed by atoms with Crippen LogP contribution >= 0.6 is 11.7 Å². The van der Waals surface area contributed by atoms with Crippen molar-refractivity contribution in [2.24, 2.45) is 0 Å². The van der Waals surface area contributed by atoms with Crippen LogP contribution in [-0.2, 0) is 9.53 Å². The quantitative estimate of drug-likeness (QED) is 0.769. The van der Waals surface area contributed by atoms with E-state index in [0.29, 0.717) is 12.5 Å². The first-order valence-electron chi connectivity index (χ1n) is 6.48. The Balaban J connectivity index is 2.10. The third-order valence-electron chi connectivity index (χ3n) is 2.97. The lowest BCUT2D eigenvalue weighted by atomic mass is 10.1. The molecule has 1 aliphatic heterocycles. The Morgan fingerprint density at radius 2 is 2.05 bits per heavy atom. The third-order valence-corrected chi connectivity index (χ3v) is 3.47. The van der Waals surface area contributed by atoms with E-state index < -0.39 is 11.6 Å². The van der Waals surface area contributed by atoms with E-state index in [-0.39, 0.29) is 0 Å². The molecule has 1 aromatic rings. The monoisotopic (exact) mass is 285 g/mol. The molecule has 2 rings (SSSR count). The molecule has 1 aliphatic rings. The molecule has 0 unspecified atom stereocenters. The van der Waals surface area contributed by atoms with Gasteiger partial charge < -0.3 is 14.4 Å². The molecule has 0 saturated carbocycles. The molecule has 6 nitrogen and oxygen atoms in total. The van der Waals surface area contributed by atoms with Crippen molar-refractivity contribution >= 4 is 23.5 Å². The maximum absolute atomic E-state index is 11.8. The summed E-state index contributed by atoms with van der Waals surface area (Å²) in [6.07, 6.45) is 2.30. The van der Waals surface area contributed by atoms with Crippen molar-refractivity contribution in [2.45, 2.75) is 39.2 Å². The molecule has 19 heavy (non-hydrogen) atoms. The SMILES string of the molecule is CCOC(=O)C(C)(C)Oc1nsnc1N1CCCC1. The number of aromatic nitrogens is 2. The lowest BCUT2D eigenvalue weighted by Crippen LogP contribution is -2.40. The molecule has 1 aromatic heterocycles. The second kappa shape index (κ2) is 5.73. The van der Waals surface area contributed by atoms with Crippen molar-refractivity contribution in [1.82, 2.24) is 8.75 Å². The lowest BCUT2D eigenvalue weighted by Gasteiger charge is -2.24. The molecule has 7 heteroatoms. The molecule has 0 radical (unpaired) electrons. The zero-order valence-corrected chi connectivity index (χ0v) is 12.3. The number of carbonyl (C=O) groups excluding carboxylic acids is 1. The fourth-order valence-corrected chi connectivity index (χ4v) is 2.46. The van der Waals surface area contributed by atoms with Gasteiger partial charge >= 0.3 is 5.97 Å². The summed E-state index contributed by atoms with van der Waals surface area (Å²) in [6, 6.07) is 0. The highest BCUT2D eigenvalue weighted by Gasteiger charge is 2.34. The van der Waals surface area contributed by atoms with Gasteiger partial charge in [0.05, 0.1) is 18.3 Å². The number of rotatable bonds is 5. The third kappa shape index (κ3) is 3.15. The Bertz CT molecular complexity index is 441. The zero-order chi connectivity index (χ0) is 13.9. The Labute approximate surface area is 117 Å². The van der Waals surface area contributed by atoms with Gasteiger partial charge in [0, 0.05) is 13.1 Å². The van der Waals surface area contributed by atoms with Gasteiger partial charge in [0.15, 0.2) is 0 Å².